The van der Waals surface area contributed by atoms with Gasteiger partial charge in [0.1, 0.15) is 0 Å². The van der Waals surface area contributed by atoms with Crippen molar-refractivity contribution in [3.63, 3.8) is 0 Å². The molecule has 0 amide bonds. The molecule has 2 N–H and O–H groups in total. The van der Waals surface area contributed by atoms with E-state index in [-0.39, 0.29) is 43.3 Å². The lowest BCUT2D eigenvalue weighted by Gasteiger charge is -2.60. The molecule has 0 aromatic rings. The minimum Gasteiger partial charge on any atom is -0.457 e. The Morgan fingerprint density at radius 3 is 2.40 bits per heavy atom. The molecule has 5 aliphatic carbocycles. The topological polar surface area (TPSA) is 107 Å². The number of esters is 1. The first-order valence-corrected chi connectivity index (χ1v) is 20.3. The van der Waals surface area contributed by atoms with E-state index in [1.807, 2.05) is 13.8 Å². The van der Waals surface area contributed by atoms with E-state index >= 15 is 0 Å². The van der Waals surface area contributed by atoms with Gasteiger partial charge in [-0.2, -0.15) is 0 Å². The molecule has 12 atom stereocenters. The number of aliphatic hydroxyl groups excluding tert-OH is 1. The first-order valence-electron chi connectivity index (χ1n) is 20.3. The highest BCUT2D eigenvalue weighted by Crippen LogP contribution is 2.87. The number of rotatable bonds is 8. The zero-order valence-corrected chi connectivity index (χ0v) is 32.5. The molecule has 8 rings (SSSR count). The van der Waals surface area contributed by atoms with E-state index in [1.165, 1.54) is 38.5 Å². The van der Waals surface area contributed by atoms with Gasteiger partial charge in [0.15, 0.2) is 12.4 Å². The maximum absolute atomic E-state index is 12.8. The largest absolute Gasteiger partial charge is 0.457 e. The maximum atomic E-state index is 12.8. The normalized spacial score (nSPS) is 45.7. The molecule has 2 spiro atoms. The summed E-state index contributed by atoms with van der Waals surface area (Å²) in [6, 6.07) is 0.534. The molecule has 9 nitrogen and oxygen atoms in total. The van der Waals surface area contributed by atoms with Gasteiger partial charge in [-0.1, -0.05) is 34.6 Å². The highest BCUT2D eigenvalue weighted by atomic mass is 16.7. The highest BCUT2D eigenvalue weighted by Gasteiger charge is 2.80. The lowest BCUT2D eigenvalue weighted by molar-refractivity contribution is -0.253. The molecule has 5 saturated carbocycles. The fourth-order valence-corrected chi connectivity index (χ4v) is 13.6. The first kappa shape index (κ1) is 37.5. The van der Waals surface area contributed by atoms with Crippen molar-refractivity contribution in [2.45, 2.75) is 161 Å². The van der Waals surface area contributed by atoms with Gasteiger partial charge in [0.2, 0.25) is 0 Å². The number of ether oxygens (including phenoxy) is 5. The van der Waals surface area contributed by atoms with Gasteiger partial charge < -0.3 is 33.9 Å². The summed E-state index contributed by atoms with van der Waals surface area (Å²) in [6.45, 7) is 19.5. The average Bonchev–Trinajstić information content (AvgIpc) is 3.60. The van der Waals surface area contributed by atoms with Crippen LogP contribution in [0.25, 0.3) is 0 Å². The molecule has 9 unspecified atom stereocenters. The fraction of sp³-hybridized carbons (Fsp3) is 0.976. The average molecular weight is 706 g/mol. The summed E-state index contributed by atoms with van der Waals surface area (Å²) in [5, 5.41) is 18.1. The first-order chi connectivity index (χ1) is 23.7. The van der Waals surface area contributed by atoms with Crippen LogP contribution in [0.5, 0.6) is 0 Å². The zero-order valence-electron chi connectivity index (χ0n) is 32.5. The lowest BCUT2D eigenvalue weighted by Crippen LogP contribution is -2.58. The van der Waals surface area contributed by atoms with Crippen LogP contribution in [0.3, 0.4) is 0 Å². The van der Waals surface area contributed by atoms with Gasteiger partial charge in [-0.05, 0) is 129 Å². The second kappa shape index (κ2) is 13.5. The van der Waals surface area contributed by atoms with Gasteiger partial charge in [-0.15, -0.1) is 0 Å². The molecular weight excluding hydrogens is 634 g/mol. The second-order valence-corrected chi connectivity index (χ2v) is 19.6. The molecule has 0 aromatic carbocycles. The smallest absolute Gasteiger partial charge is 0.306 e. The number of fused-ring (bicyclic) bond motifs is 4. The Morgan fingerprint density at radius 1 is 0.980 bits per heavy atom. The third-order valence-corrected chi connectivity index (χ3v) is 15.9. The molecule has 3 heterocycles. The number of hydrogen-bond acceptors (Lipinski definition) is 9. The fourth-order valence-electron chi connectivity index (χ4n) is 13.6. The third-order valence-electron chi connectivity index (χ3n) is 15.9. The van der Waals surface area contributed by atoms with Gasteiger partial charge in [0, 0.05) is 21.5 Å². The Labute approximate surface area is 303 Å². The quantitative estimate of drug-likeness (QED) is 0.285. The summed E-state index contributed by atoms with van der Waals surface area (Å²) in [5.41, 5.74) is 0.256. The molecule has 8 aliphatic rings. The minimum atomic E-state index is -1.15. The number of carbonyl (C=O) groups excluding carboxylic acids is 1. The van der Waals surface area contributed by atoms with Crippen molar-refractivity contribution in [3.05, 3.63) is 0 Å². The number of nitrogens with zero attached hydrogens (tertiary/aromatic N) is 1. The molecule has 288 valence electrons. The molecule has 3 saturated heterocycles. The number of carbonyl (C=O) groups is 1. The van der Waals surface area contributed by atoms with Crippen molar-refractivity contribution < 1.29 is 40.1 Å². The number of aliphatic hydroxyl groups is 2. The predicted molar refractivity (Wildman–Crippen MR) is 192 cm³/mol. The Kier molecular flexibility index (Phi) is 10.1. The Balaban J connectivity index is 0.00000147. The summed E-state index contributed by atoms with van der Waals surface area (Å²) >= 11 is 0. The van der Waals surface area contributed by atoms with Gasteiger partial charge in [-0.3, -0.25) is 9.69 Å². The van der Waals surface area contributed by atoms with Crippen LogP contribution in [-0.4, -0.2) is 103 Å². The molecule has 0 bridgehead atoms. The molecule has 9 heteroatoms. The second-order valence-electron chi connectivity index (χ2n) is 19.6. The van der Waals surface area contributed by atoms with E-state index in [4.69, 9.17) is 28.8 Å². The Bertz CT molecular complexity index is 1240. The maximum Gasteiger partial charge on any atom is 0.306 e. The van der Waals surface area contributed by atoms with Crippen molar-refractivity contribution in [2.24, 2.45) is 51.2 Å². The standard InChI is InChI=1S/C40H65NO7.CH4O.H2/c1-24(2)18-33(42)48-35(37(5,6)43)29-10-8-27-30(46-29)19-28-26-9-11-31-36(3,4)32(47-34-20-41(16-17-45-34)25-21-44-22-25)12-13-40(31)23-39(26,40)15-14-38(27,28)7;1-2;/h24-32,34-35,43H,8-23H2,1-7H3;2H,1H3;1H/t26?,27?,28?,29?,30?,31?,32-,34?,35-,38?,39-,40?;;/m0../s1. The summed E-state index contributed by atoms with van der Waals surface area (Å²) in [7, 11) is 1.00. The summed E-state index contributed by atoms with van der Waals surface area (Å²) in [6.07, 6.45) is 12.1. The van der Waals surface area contributed by atoms with Crippen LogP contribution in [0.2, 0.25) is 0 Å². The van der Waals surface area contributed by atoms with E-state index in [1.54, 1.807) is 13.8 Å². The number of hydrogen-bond donors (Lipinski definition) is 2. The van der Waals surface area contributed by atoms with Crippen LogP contribution in [-0.2, 0) is 28.5 Å². The molecule has 0 aromatic heterocycles. The minimum absolute atomic E-state index is 0. The molecule has 0 radical (unpaired) electrons. The van der Waals surface area contributed by atoms with Gasteiger partial charge in [0.25, 0.3) is 0 Å². The van der Waals surface area contributed by atoms with Crippen molar-refractivity contribution in [2.75, 3.05) is 40.0 Å². The van der Waals surface area contributed by atoms with Crippen molar-refractivity contribution in [3.8, 4) is 0 Å². The van der Waals surface area contributed by atoms with Crippen LogP contribution in [0, 0.1) is 51.2 Å². The third kappa shape index (κ3) is 6.03. The van der Waals surface area contributed by atoms with E-state index in [0.29, 0.717) is 46.5 Å². The Hall–Kier alpha value is -0.810. The molecule has 50 heavy (non-hydrogen) atoms. The highest BCUT2D eigenvalue weighted by molar-refractivity contribution is 5.70. The van der Waals surface area contributed by atoms with Gasteiger partial charge in [-0.25, -0.2) is 0 Å². The van der Waals surface area contributed by atoms with Crippen LogP contribution in [0.15, 0.2) is 0 Å². The van der Waals surface area contributed by atoms with Crippen molar-refractivity contribution in [1.82, 2.24) is 4.90 Å². The van der Waals surface area contributed by atoms with Crippen LogP contribution in [0.4, 0.5) is 0 Å². The molecule has 3 aliphatic heterocycles. The van der Waals surface area contributed by atoms with Crippen LogP contribution < -0.4 is 0 Å². The van der Waals surface area contributed by atoms with Crippen molar-refractivity contribution >= 4 is 5.97 Å². The van der Waals surface area contributed by atoms with Crippen LogP contribution >= 0.6 is 0 Å². The van der Waals surface area contributed by atoms with Gasteiger partial charge in [0.05, 0.1) is 56.3 Å². The molecular formula is C41H71NO8. The number of morpholine rings is 1. The van der Waals surface area contributed by atoms with E-state index in [0.717, 1.165) is 71.6 Å². The Morgan fingerprint density at radius 2 is 1.72 bits per heavy atom. The zero-order chi connectivity index (χ0) is 35.9. The van der Waals surface area contributed by atoms with Gasteiger partial charge >= 0.3 is 5.97 Å². The van der Waals surface area contributed by atoms with E-state index < -0.39 is 11.7 Å². The summed E-state index contributed by atoms with van der Waals surface area (Å²) in [5.74, 6) is 2.73. The summed E-state index contributed by atoms with van der Waals surface area (Å²) in [4.78, 5) is 15.3. The van der Waals surface area contributed by atoms with E-state index in [2.05, 4.69) is 25.7 Å². The lowest BCUT2D eigenvalue weighted by atomic mass is 9.46. The van der Waals surface area contributed by atoms with Crippen LogP contribution in [0.1, 0.15) is 121 Å². The van der Waals surface area contributed by atoms with E-state index in [9.17, 15) is 9.90 Å². The molecule has 8 fully saturated rings. The summed E-state index contributed by atoms with van der Waals surface area (Å²) < 4.78 is 31.6. The van der Waals surface area contributed by atoms with Crippen molar-refractivity contribution in [1.29, 1.82) is 0 Å². The predicted octanol–water partition coefficient (Wildman–Crippen LogP) is 6.22. The monoisotopic (exact) mass is 706 g/mol. The SMILES string of the molecule is CC(C)CC(=O)O[C@@H](C1CCC2C(CC3C4CCC5C(C)(C)[C@@H](OC6CN(C7COC7)CCO6)CCC56C[C@@]46CCC23C)O1)C(C)(C)O.CO.[HH].